The molecule has 1 aromatic heterocycles. The number of hydrogen-bond donors (Lipinski definition) is 0. The summed E-state index contributed by atoms with van der Waals surface area (Å²) in [5, 5.41) is 9.93. The van der Waals surface area contributed by atoms with E-state index in [0.717, 1.165) is 61.1 Å². The Morgan fingerprint density at radius 3 is 2.77 bits per heavy atom. The molecule has 0 radical (unpaired) electrons. The fourth-order valence-electron chi connectivity index (χ4n) is 4.36. The molecule has 1 aromatic carbocycles. The zero-order valence-electron chi connectivity index (χ0n) is 17.6. The van der Waals surface area contributed by atoms with Gasteiger partial charge in [0, 0.05) is 17.5 Å². The van der Waals surface area contributed by atoms with Crippen molar-refractivity contribution < 1.29 is 4.74 Å². The topological polar surface area (TPSA) is 55.5 Å². The van der Waals surface area contributed by atoms with Gasteiger partial charge in [0.15, 0.2) is 5.82 Å². The first kappa shape index (κ1) is 20.8. The maximum atomic E-state index is 6.27. The number of nitrogens with zero attached hydrogens (tertiary/aromatic N) is 5. The smallest absolute Gasteiger partial charge is 0.212 e. The third-order valence-corrected chi connectivity index (χ3v) is 6.04. The highest BCUT2D eigenvalue weighted by Crippen LogP contribution is 2.37. The Morgan fingerprint density at radius 2 is 2.03 bits per heavy atom. The Labute approximate surface area is 182 Å². The average molecular weight is 426 g/mol. The molecule has 2 heterocycles. The van der Waals surface area contributed by atoms with Crippen molar-refractivity contribution in [2.45, 2.75) is 57.7 Å². The van der Waals surface area contributed by atoms with Gasteiger partial charge in [-0.2, -0.15) is 0 Å². The summed E-state index contributed by atoms with van der Waals surface area (Å²) >= 11 is 6.27. The lowest BCUT2D eigenvalue weighted by Gasteiger charge is -2.28. The molecule has 1 saturated carbocycles. The lowest BCUT2D eigenvalue weighted by atomic mass is 9.86. The SMILES string of the molecule is C=N/C(=C\C=C/C)O[C@H]1CC[C@H](c2nnc3n2-c2ccc(Cl)cc2CN(C)C3)CC1. The summed E-state index contributed by atoms with van der Waals surface area (Å²) in [4.78, 5) is 6.24. The monoisotopic (exact) mass is 425 g/mol. The van der Waals surface area contributed by atoms with Crippen molar-refractivity contribution in [3.63, 3.8) is 0 Å². The molecule has 6 nitrogen and oxygen atoms in total. The van der Waals surface area contributed by atoms with Crippen LogP contribution in [0, 0.1) is 0 Å². The maximum Gasteiger partial charge on any atom is 0.212 e. The van der Waals surface area contributed by atoms with E-state index in [2.05, 4.69) is 50.6 Å². The van der Waals surface area contributed by atoms with Gasteiger partial charge in [-0.3, -0.25) is 9.47 Å². The summed E-state index contributed by atoms with van der Waals surface area (Å²) in [6, 6.07) is 6.10. The summed E-state index contributed by atoms with van der Waals surface area (Å²) in [6.45, 7) is 7.19. The van der Waals surface area contributed by atoms with Crippen molar-refractivity contribution in [3.8, 4) is 5.69 Å². The van der Waals surface area contributed by atoms with Crippen molar-refractivity contribution in [2.75, 3.05) is 7.05 Å². The summed E-state index contributed by atoms with van der Waals surface area (Å²) < 4.78 is 8.29. The minimum atomic E-state index is 0.159. The third kappa shape index (κ3) is 4.35. The highest BCUT2D eigenvalue weighted by Gasteiger charge is 2.30. The molecule has 2 aliphatic rings. The molecule has 0 amide bonds. The zero-order chi connectivity index (χ0) is 21.1. The van der Waals surface area contributed by atoms with Crippen LogP contribution in [-0.4, -0.2) is 39.5 Å². The molecule has 0 unspecified atom stereocenters. The molecule has 0 spiro atoms. The van der Waals surface area contributed by atoms with Crippen molar-refractivity contribution in [3.05, 3.63) is 64.5 Å². The van der Waals surface area contributed by atoms with Gasteiger partial charge in [0.1, 0.15) is 11.9 Å². The lowest BCUT2D eigenvalue weighted by molar-refractivity contribution is 0.0753. The molecular formula is C23H28ClN5O. The fourth-order valence-corrected chi connectivity index (χ4v) is 4.56. The van der Waals surface area contributed by atoms with Crippen LogP contribution in [0.15, 0.2) is 47.3 Å². The van der Waals surface area contributed by atoms with Gasteiger partial charge in [-0.25, -0.2) is 4.99 Å². The second-order valence-corrected chi connectivity index (χ2v) is 8.47. The van der Waals surface area contributed by atoms with E-state index < -0.39 is 0 Å². The first-order valence-electron chi connectivity index (χ1n) is 10.5. The van der Waals surface area contributed by atoms with Crippen LogP contribution in [0.3, 0.4) is 0 Å². The summed E-state index contributed by atoms with van der Waals surface area (Å²) in [6.07, 6.45) is 9.83. The van der Waals surface area contributed by atoms with E-state index in [1.807, 2.05) is 31.2 Å². The van der Waals surface area contributed by atoms with Crippen molar-refractivity contribution >= 4 is 18.3 Å². The number of ether oxygens (including phenoxy) is 1. The zero-order valence-corrected chi connectivity index (χ0v) is 18.3. The minimum absolute atomic E-state index is 0.159. The highest BCUT2D eigenvalue weighted by atomic mass is 35.5. The predicted molar refractivity (Wildman–Crippen MR) is 120 cm³/mol. The maximum absolute atomic E-state index is 6.27. The number of halogens is 1. The molecule has 158 valence electrons. The summed E-state index contributed by atoms with van der Waals surface area (Å²) in [7, 11) is 2.10. The number of fused-ring (bicyclic) bond motifs is 3. The van der Waals surface area contributed by atoms with E-state index in [1.54, 1.807) is 0 Å². The van der Waals surface area contributed by atoms with Gasteiger partial charge in [0.2, 0.25) is 5.88 Å². The Kier molecular flexibility index (Phi) is 6.35. The molecule has 4 rings (SSSR count). The van der Waals surface area contributed by atoms with E-state index in [4.69, 9.17) is 16.3 Å². The number of aromatic nitrogens is 3. The Hall–Kier alpha value is -2.44. The van der Waals surface area contributed by atoms with Gasteiger partial charge < -0.3 is 4.74 Å². The van der Waals surface area contributed by atoms with E-state index >= 15 is 0 Å². The van der Waals surface area contributed by atoms with Gasteiger partial charge in [-0.15, -0.1) is 10.2 Å². The molecule has 7 heteroatoms. The lowest BCUT2D eigenvalue weighted by Crippen LogP contribution is -2.22. The quantitative estimate of drug-likeness (QED) is 0.383. The average Bonchev–Trinajstić information content (AvgIpc) is 3.08. The van der Waals surface area contributed by atoms with Gasteiger partial charge in [-0.1, -0.05) is 23.8 Å². The van der Waals surface area contributed by atoms with Crippen LogP contribution in [0.25, 0.3) is 5.69 Å². The van der Waals surface area contributed by atoms with Gasteiger partial charge in [-0.05, 0) is 76.2 Å². The molecule has 1 aliphatic carbocycles. The Morgan fingerprint density at radius 1 is 1.23 bits per heavy atom. The van der Waals surface area contributed by atoms with Crippen molar-refractivity contribution in [2.24, 2.45) is 4.99 Å². The number of aliphatic imine (C=N–C) groups is 1. The number of allylic oxidation sites excluding steroid dienone is 3. The van der Waals surface area contributed by atoms with Crippen LogP contribution in [0.4, 0.5) is 0 Å². The standard InChI is InChI=1S/C23H28ClN5O/c1-4-5-6-22(25-2)30-19-10-7-16(8-11-19)23-27-26-21-15-28(3)14-17-13-18(24)9-12-20(17)29(21)23/h4-6,9,12-13,16,19H,2,7-8,10-11,14-15H2,1,3H3/b5-4-,22-6+/t16-,19-. The number of rotatable bonds is 5. The Bertz CT molecular complexity index is 972. The van der Waals surface area contributed by atoms with Crippen molar-refractivity contribution in [1.82, 2.24) is 19.7 Å². The highest BCUT2D eigenvalue weighted by molar-refractivity contribution is 6.30. The Balaban J connectivity index is 1.54. The van der Waals surface area contributed by atoms with E-state index in [9.17, 15) is 0 Å². The van der Waals surface area contributed by atoms with E-state index in [0.29, 0.717) is 11.8 Å². The third-order valence-electron chi connectivity index (χ3n) is 5.80. The van der Waals surface area contributed by atoms with Crippen LogP contribution in [0.2, 0.25) is 5.02 Å². The predicted octanol–water partition coefficient (Wildman–Crippen LogP) is 5.03. The molecule has 2 aromatic rings. The first-order chi connectivity index (χ1) is 14.6. The van der Waals surface area contributed by atoms with E-state index in [1.165, 1.54) is 5.56 Å². The molecule has 30 heavy (non-hydrogen) atoms. The molecular weight excluding hydrogens is 398 g/mol. The molecule has 1 fully saturated rings. The van der Waals surface area contributed by atoms with Crippen LogP contribution >= 0.6 is 11.6 Å². The van der Waals surface area contributed by atoms with Gasteiger partial charge >= 0.3 is 0 Å². The molecule has 0 N–H and O–H groups in total. The van der Waals surface area contributed by atoms with Gasteiger partial charge in [0.05, 0.1) is 12.2 Å². The minimum Gasteiger partial charge on any atom is -0.474 e. The summed E-state index contributed by atoms with van der Waals surface area (Å²) in [5.74, 6) is 2.98. The summed E-state index contributed by atoms with van der Waals surface area (Å²) in [5.41, 5.74) is 2.35. The number of benzene rings is 1. The van der Waals surface area contributed by atoms with E-state index in [-0.39, 0.29) is 6.10 Å². The number of hydrogen-bond acceptors (Lipinski definition) is 5. The second kappa shape index (κ2) is 9.14. The normalized spacial score (nSPS) is 22.4. The molecule has 0 bridgehead atoms. The van der Waals surface area contributed by atoms with Crippen LogP contribution in [-0.2, 0) is 17.8 Å². The first-order valence-corrected chi connectivity index (χ1v) is 10.8. The van der Waals surface area contributed by atoms with Crippen LogP contribution in [0.5, 0.6) is 0 Å². The fraction of sp³-hybridized carbons (Fsp3) is 0.435. The second-order valence-electron chi connectivity index (χ2n) is 8.04. The van der Waals surface area contributed by atoms with Gasteiger partial charge in [0.25, 0.3) is 0 Å². The molecule has 0 atom stereocenters. The molecule has 0 saturated heterocycles. The van der Waals surface area contributed by atoms with Crippen LogP contribution < -0.4 is 0 Å². The van der Waals surface area contributed by atoms with Crippen LogP contribution in [0.1, 0.15) is 55.7 Å². The molecule has 1 aliphatic heterocycles. The largest absolute Gasteiger partial charge is 0.474 e. The van der Waals surface area contributed by atoms with Crippen molar-refractivity contribution in [1.29, 1.82) is 0 Å².